The molecule has 0 aromatic rings. The Morgan fingerprint density at radius 3 is 1.65 bits per heavy atom. The largest absolute Gasteiger partial charge is 0.500 e. The second-order valence-electron chi connectivity index (χ2n) is 6.74. The van der Waals surface area contributed by atoms with E-state index >= 15 is 0 Å². The van der Waals surface area contributed by atoms with Crippen LogP contribution >= 0.6 is 0 Å². The molecule has 0 saturated carbocycles. The van der Waals surface area contributed by atoms with Crippen LogP contribution in [-0.2, 0) is 45.6 Å². The number of esters is 1. The Labute approximate surface area is 188 Å². The first-order valence-electron chi connectivity index (χ1n) is 10.1. The lowest BCUT2D eigenvalue weighted by atomic mass is 10.4. The van der Waals surface area contributed by atoms with Crippen LogP contribution in [-0.4, -0.2) is 98.8 Å². The Morgan fingerprint density at radius 2 is 1.29 bits per heavy atom. The quantitative estimate of drug-likeness (QED) is 0.100. The van der Waals surface area contributed by atoms with Gasteiger partial charge in [0.05, 0.1) is 19.8 Å². The number of hydrogen-bond donors (Lipinski definition) is 0. The van der Waals surface area contributed by atoms with Crippen molar-refractivity contribution in [1.29, 1.82) is 0 Å². The fraction of sp³-hybridized carbons (Fsp3) is 0.842. The van der Waals surface area contributed by atoms with E-state index in [0.717, 1.165) is 19.1 Å². The summed E-state index contributed by atoms with van der Waals surface area (Å²) >= 11 is 0. The molecule has 0 bridgehead atoms. The fourth-order valence-corrected chi connectivity index (χ4v) is 5.84. The van der Waals surface area contributed by atoms with Crippen LogP contribution in [0.15, 0.2) is 12.2 Å². The summed E-state index contributed by atoms with van der Waals surface area (Å²) in [5, 5.41) is 0. The van der Waals surface area contributed by atoms with Crippen LogP contribution in [0.25, 0.3) is 0 Å². The van der Waals surface area contributed by atoms with Gasteiger partial charge in [0.15, 0.2) is 0 Å². The van der Waals surface area contributed by atoms with E-state index in [-0.39, 0.29) is 5.97 Å². The summed E-state index contributed by atoms with van der Waals surface area (Å²) in [6, 6.07) is 1.39. The zero-order valence-electron chi connectivity index (χ0n) is 20.0. The fourth-order valence-electron chi connectivity index (χ4n) is 2.46. The molecule has 1 saturated heterocycles. The van der Waals surface area contributed by atoms with E-state index in [9.17, 15) is 4.79 Å². The molecular formula is C19H40O10Si2. The molecule has 0 aromatic carbocycles. The first-order valence-corrected chi connectivity index (χ1v) is 14.0. The molecule has 1 heterocycles. The second kappa shape index (κ2) is 16.9. The lowest BCUT2D eigenvalue weighted by Crippen LogP contribution is -2.42. The summed E-state index contributed by atoms with van der Waals surface area (Å²) in [7, 11) is 4.61. The molecule has 10 nitrogen and oxygen atoms in total. The highest BCUT2D eigenvalue weighted by Gasteiger charge is 2.37. The molecule has 0 amide bonds. The SMILES string of the molecule is C=C(C)C(=O)OCCC[Si](OC)(OC)OC.CO[Si](CCCOCC1CO1)(OC)OC. The normalized spacial score (nSPS) is 15.8. The van der Waals surface area contributed by atoms with Crippen LogP contribution in [0.2, 0.25) is 12.1 Å². The van der Waals surface area contributed by atoms with Gasteiger partial charge in [0.2, 0.25) is 0 Å². The van der Waals surface area contributed by atoms with Crippen molar-refractivity contribution in [1.82, 2.24) is 0 Å². The van der Waals surface area contributed by atoms with Crippen LogP contribution in [0.4, 0.5) is 0 Å². The molecule has 12 heteroatoms. The Balaban J connectivity index is 0.000000581. The maximum absolute atomic E-state index is 11.1. The van der Waals surface area contributed by atoms with Crippen LogP contribution in [0, 0.1) is 0 Å². The summed E-state index contributed by atoms with van der Waals surface area (Å²) in [6.45, 7) is 7.65. The summed E-state index contributed by atoms with van der Waals surface area (Å²) < 4.78 is 46.9. The molecule has 31 heavy (non-hydrogen) atoms. The third kappa shape index (κ3) is 12.8. The smallest absolute Gasteiger partial charge is 0.462 e. The van der Waals surface area contributed by atoms with E-state index in [1.807, 2.05) is 0 Å². The Kier molecular flexibility index (Phi) is 16.5. The van der Waals surface area contributed by atoms with Gasteiger partial charge in [-0.3, -0.25) is 0 Å². The summed E-state index contributed by atoms with van der Waals surface area (Å²) in [6.07, 6.45) is 1.86. The molecule has 1 unspecified atom stereocenters. The number of carbonyl (C=O) groups excluding carboxylic acids is 1. The summed E-state index contributed by atoms with van der Waals surface area (Å²) in [4.78, 5) is 11.1. The Morgan fingerprint density at radius 1 is 0.871 bits per heavy atom. The van der Waals surface area contributed by atoms with E-state index in [0.29, 0.717) is 44.0 Å². The molecule has 0 N–H and O–H groups in total. The van der Waals surface area contributed by atoms with Gasteiger partial charge in [-0.25, -0.2) is 4.79 Å². The molecular weight excluding hydrogens is 444 g/mol. The van der Waals surface area contributed by atoms with Crippen molar-refractivity contribution in [3.63, 3.8) is 0 Å². The predicted octanol–water partition coefficient (Wildman–Crippen LogP) is 2.04. The van der Waals surface area contributed by atoms with Crippen molar-refractivity contribution in [3.8, 4) is 0 Å². The van der Waals surface area contributed by atoms with Crippen LogP contribution < -0.4 is 0 Å². The number of epoxide rings is 1. The lowest BCUT2D eigenvalue weighted by Gasteiger charge is -2.24. The molecule has 0 aliphatic carbocycles. The molecule has 0 spiro atoms. The Hall–Kier alpha value is -0.676. The third-order valence-electron chi connectivity index (χ3n) is 4.55. The maximum atomic E-state index is 11.1. The Bertz CT molecular complexity index is 478. The third-order valence-corrected chi connectivity index (χ3v) is 10.2. The van der Waals surface area contributed by atoms with Gasteiger partial charge >= 0.3 is 23.6 Å². The van der Waals surface area contributed by atoms with Gasteiger partial charge in [0, 0.05) is 66.9 Å². The van der Waals surface area contributed by atoms with Gasteiger partial charge < -0.3 is 40.8 Å². The molecule has 1 fully saturated rings. The van der Waals surface area contributed by atoms with E-state index in [4.69, 9.17) is 40.8 Å². The molecule has 1 atom stereocenters. The highest BCUT2D eigenvalue weighted by molar-refractivity contribution is 6.60. The van der Waals surface area contributed by atoms with Crippen molar-refractivity contribution in [2.24, 2.45) is 0 Å². The van der Waals surface area contributed by atoms with Crippen molar-refractivity contribution in [3.05, 3.63) is 12.2 Å². The zero-order chi connectivity index (χ0) is 23.8. The summed E-state index contributed by atoms with van der Waals surface area (Å²) in [5.74, 6) is -0.375. The number of ether oxygens (including phenoxy) is 3. The average Bonchev–Trinajstić information content (AvgIpc) is 3.62. The topological polar surface area (TPSA) is 103 Å². The van der Waals surface area contributed by atoms with Gasteiger partial charge in [0.1, 0.15) is 6.10 Å². The van der Waals surface area contributed by atoms with Gasteiger partial charge in [-0.05, 0) is 19.8 Å². The number of rotatable bonds is 17. The minimum atomic E-state index is -2.53. The van der Waals surface area contributed by atoms with E-state index in [2.05, 4.69) is 6.58 Å². The van der Waals surface area contributed by atoms with Gasteiger partial charge in [0.25, 0.3) is 0 Å². The predicted molar refractivity (Wildman–Crippen MR) is 119 cm³/mol. The van der Waals surface area contributed by atoms with Gasteiger partial charge in [-0.2, -0.15) is 0 Å². The summed E-state index contributed by atoms with van der Waals surface area (Å²) in [5.41, 5.74) is 0.397. The minimum Gasteiger partial charge on any atom is -0.462 e. The average molecular weight is 485 g/mol. The molecule has 1 aliphatic heterocycles. The highest BCUT2D eigenvalue weighted by atomic mass is 28.4. The standard InChI is InChI=1S/C10H20O5Si.C9H20O5Si/c1-9(2)10(11)15-7-6-8-16(12-3,13-4)14-5;1-10-15(11-2,12-3)6-4-5-13-7-9-8-14-9/h1,6-8H2,2-5H3;9H,4-8H2,1-3H3. The minimum absolute atomic E-state index is 0.316. The van der Waals surface area contributed by atoms with Crippen molar-refractivity contribution >= 4 is 23.6 Å². The van der Waals surface area contributed by atoms with Crippen LogP contribution in [0.1, 0.15) is 19.8 Å². The molecule has 0 radical (unpaired) electrons. The van der Waals surface area contributed by atoms with Gasteiger partial charge in [-0.15, -0.1) is 0 Å². The van der Waals surface area contributed by atoms with Crippen LogP contribution in [0.5, 0.6) is 0 Å². The van der Waals surface area contributed by atoms with E-state index in [1.54, 1.807) is 49.6 Å². The zero-order valence-corrected chi connectivity index (χ0v) is 22.0. The number of carbonyl (C=O) groups is 1. The first-order chi connectivity index (χ1) is 14.8. The highest BCUT2D eigenvalue weighted by Crippen LogP contribution is 2.16. The van der Waals surface area contributed by atoms with Crippen molar-refractivity contribution in [2.75, 3.05) is 69.1 Å². The maximum Gasteiger partial charge on any atom is 0.500 e. The van der Waals surface area contributed by atoms with E-state index in [1.165, 1.54) is 0 Å². The van der Waals surface area contributed by atoms with Crippen LogP contribution in [0.3, 0.4) is 0 Å². The molecule has 184 valence electrons. The second-order valence-corrected chi connectivity index (χ2v) is 12.9. The molecule has 0 aromatic heterocycles. The van der Waals surface area contributed by atoms with E-state index < -0.39 is 17.6 Å². The van der Waals surface area contributed by atoms with Crippen molar-refractivity contribution in [2.45, 2.75) is 38.0 Å². The molecule has 1 rings (SSSR count). The van der Waals surface area contributed by atoms with Crippen molar-refractivity contribution < 1.29 is 45.6 Å². The van der Waals surface area contributed by atoms with Gasteiger partial charge in [-0.1, -0.05) is 6.58 Å². The lowest BCUT2D eigenvalue weighted by molar-refractivity contribution is -0.139. The number of hydrogen-bond acceptors (Lipinski definition) is 10. The first kappa shape index (κ1) is 30.3. The monoisotopic (exact) mass is 484 g/mol. The molecule has 1 aliphatic rings.